The molecule has 1 rings (SSSR count). The third-order valence-electron chi connectivity index (χ3n) is 0.922. The Bertz CT molecular complexity index is 243. The number of amides is 1. The highest BCUT2D eigenvalue weighted by atomic mass is 16.4. The number of hydrogen-bond donors (Lipinski definition) is 2. The molecule has 0 spiro atoms. The number of nitrogens with zero attached hydrogens (tertiary/aromatic N) is 2. The molecule has 5 heteroatoms. The molecule has 54 valence electrons. The number of carboxylic acid groups (broad SMARTS) is 1. The van der Waals surface area contributed by atoms with Crippen molar-refractivity contribution in [3.63, 3.8) is 0 Å². The van der Waals surface area contributed by atoms with E-state index in [-0.39, 0.29) is 0 Å². The molecule has 0 aromatic carbocycles. The van der Waals surface area contributed by atoms with Crippen molar-refractivity contribution >= 4 is 6.09 Å². The first-order valence-corrected chi connectivity index (χ1v) is 2.70. The average molecular weight is 141 g/mol. The van der Waals surface area contributed by atoms with Crippen LogP contribution in [-0.2, 0) is 0 Å². The number of aromatic nitrogens is 2. The van der Waals surface area contributed by atoms with Gasteiger partial charge in [0.2, 0.25) is 0 Å². The SMILES string of the molecule is Cc1cnn(NC(=O)O)c1. The van der Waals surface area contributed by atoms with Crippen LogP contribution in [0.1, 0.15) is 5.56 Å². The van der Waals surface area contributed by atoms with Crippen molar-refractivity contribution in [3.05, 3.63) is 18.0 Å². The van der Waals surface area contributed by atoms with E-state index in [1.54, 1.807) is 12.4 Å². The molecule has 1 aromatic heterocycles. The summed E-state index contributed by atoms with van der Waals surface area (Å²) in [6.45, 7) is 1.83. The maximum atomic E-state index is 10.0. The van der Waals surface area contributed by atoms with Crippen LogP contribution in [0.15, 0.2) is 12.4 Å². The van der Waals surface area contributed by atoms with Gasteiger partial charge >= 0.3 is 6.09 Å². The molecule has 5 nitrogen and oxygen atoms in total. The first-order valence-electron chi connectivity index (χ1n) is 2.70. The second-order valence-corrected chi connectivity index (χ2v) is 1.88. The molecular formula is C5H7N3O2. The summed E-state index contributed by atoms with van der Waals surface area (Å²) >= 11 is 0. The third-order valence-corrected chi connectivity index (χ3v) is 0.922. The van der Waals surface area contributed by atoms with Crippen LogP contribution in [0.25, 0.3) is 0 Å². The summed E-state index contributed by atoms with van der Waals surface area (Å²) in [6, 6.07) is 0. The Balaban J connectivity index is 2.67. The van der Waals surface area contributed by atoms with Crippen molar-refractivity contribution in [1.29, 1.82) is 0 Å². The minimum Gasteiger partial charge on any atom is -0.464 e. The summed E-state index contributed by atoms with van der Waals surface area (Å²) in [7, 11) is 0. The van der Waals surface area contributed by atoms with E-state index in [0.717, 1.165) is 10.4 Å². The van der Waals surface area contributed by atoms with E-state index in [4.69, 9.17) is 5.11 Å². The van der Waals surface area contributed by atoms with Gasteiger partial charge < -0.3 is 5.11 Å². The molecular weight excluding hydrogens is 134 g/mol. The fraction of sp³-hybridized carbons (Fsp3) is 0.200. The Hall–Kier alpha value is -1.52. The summed E-state index contributed by atoms with van der Waals surface area (Å²) in [4.78, 5) is 11.1. The van der Waals surface area contributed by atoms with Crippen LogP contribution in [-0.4, -0.2) is 21.1 Å². The summed E-state index contributed by atoms with van der Waals surface area (Å²) in [5.74, 6) is 0. The van der Waals surface area contributed by atoms with Crippen LogP contribution in [0, 0.1) is 6.92 Å². The summed E-state index contributed by atoms with van der Waals surface area (Å²) < 4.78 is 0. The fourth-order valence-corrected chi connectivity index (χ4v) is 0.572. The number of nitrogens with one attached hydrogen (secondary N) is 1. The molecule has 0 aliphatic carbocycles. The lowest BCUT2D eigenvalue weighted by atomic mass is 10.4. The van der Waals surface area contributed by atoms with Gasteiger partial charge in [-0.25, -0.2) is 10.2 Å². The molecule has 0 saturated heterocycles. The summed E-state index contributed by atoms with van der Waals surface area (Å²) in [5.41, 5.74) is 2.96. The van der Waals surface area contributed by atoms with Gasteiger partial charge in [-0.1, -0.05) is 0 Å². The van der Waals surface area contributed by atoms with Crippen LogP contribution in [0.2, 0.25) is 0 Å². The Morgan fingerprint density at radius 2 is 2.60 bits per heavy atom. The highest BCUT2D eigenvalue weighted by molar-refractivity contribution is 5.73. The van der Waals surface area contributed by atoms with Crippen LogP contribution in [0.3, 0.4) is 0 Å². The summed E-state index contributed by atoms with van der Waals surface area (Å²) in [6.07, 6.45) is 2.02. The highest BCUT2D eigenvalue weighted by Crippen LogP contribution is 1.90. The largest absolute Gasteiger partial charge is 0.464 e. The molecule has 10 heavy (non-hydrogen) atoms. The van der Waals surface area contributed by atoms with Crippen LogP contribution in [0.5, 0.6) is 0 Å². The number of aryl methyl sites for hydroxylation is 1. The van der Waals surface area contributed by atoms with Gasteiger partial charge in [0.05, 0.1) is 12.4 Å². The lowest BCUT2D eigenvalue weighted by Crippen LogP contribution is -2.20. The van der Waals surface area contributed by atoms with Crippen molar-refractivity contribution in [3.8, 4) is 0 Å². The van der Waals surface area contributed by atoms with Gasteiger partial charge in [0.1, 0.15) is 0 Å². The normalized spacial score (nSPS) is 9.30. The first kappa shape index (κ1) is 6.60. The van der Waals surface area contributed by atoms with E-state index in [1.807, 2.05) is 12.3 Å². The molecule has 2 N–H and O–H groups in total. The monoisotopic (exact) mass is 141 g/mol. The van der Waals surface area contributed by atoms with Gasteiger partial charge in [-0.15, -0.1) is 0 Å². The van der Waals surface area contributed by atoms with Gasteiger partial charge in [-0.3, -0.25) is 0 Å². The standard InChI is InChI=1S/C5H7N3O2/c1-4-2-6-8(3-4)7-5(9)10/h2-3,7H,1H3,(H,9,10). The van der Waals surface area contributed by atoms with Gasteiger partial charge in [-0.05, 0) is 12.5 Å². The van der Waals surface area contributed by atoms with Crippen LogP contribution in [0.4, 0.5) is 4.79 Å². The van der Waals surface area contributed by atoms with E-state index in [0.29, 0.717) is 0 Å². The molecule has 1 heterocycles. The van der Waals surface area contributed by atoms with E-state index in [9.17, 15) is 4.79 Å². The molecule has 0 atom stereocenters. The van der Waals surface area contributed by atoms with Gasteiger partial charge in [0.15, 0.2) is 0 Å². The van der Waals surface area contributed by atoms with E-state index in [1.165, 1.54) is 0 Å². The zero-order valence-corrected chi connectivity index (χ0v) is 5.40. The fourth-order valence-electron chi connectivity index (χ4n) is 0.572. The van der Waals surface area contributed by atoms with Crippen molar-refractivity contribution in [1.82, 2.24) is 9.89 Å². The molecule has 0 unspecified atom stereocenters. The van der Waals surface area contributed by atoms with Crippen molar-refractivity contribution in [2.45, 2.75) is 6.92 Å². The van der Waals surface area contributed by atoms with Crippen molar-refractivity contribution in [2.24, 2.45) is 0 Å². The second kappa shape index (κ2) is 2.38. The van der Waals surface area contributed by atoms with E-state index < -0.39 is 6.09 Å². The Labute approximate surface area is 57.2 Å². The molecule has 0 bridgehead atoms. The smallest absolute Gasteiger partial charge is 0.425 e. The average Bonchev–Trinajstić information content (AvgIpc) is 2.13. The molecule has 1 aromatic rings. The molecule has 0 saturated carbocycles. The topological polar surface area (TPSA) is 67.2 Å². The maximum absolute atomic E-state index is 10.0. The minimum atomic E-state index is -1.12. The minimum absolute atomic E-state index is 0.911. The first-order chi connectivity index (χ1) is 4.68. The van der Waals surface area contributed by atoms with Crippen molar-refractivity contribution < 1.29 is 9.90 Å². The Morgan fingerprint density at radius 3 is 3.00 bits per heavy atom. The highest BCUT2D eigenvalue weighted by Gasteiger charge is 1.95. The van der Waals surface area contributed by atoms with Gasteiger partial charge in [0.25, 0.3) is 0 Å². The third kappa shape index (κ3) is 1.48. The lowest BCUT2D eigenvalue weighted by Gasteiger charge is -1.95. The van der Waals surface area contributed by atoms with Gasteiger partial charge in [-0.2, -0.15) is 9.89 Å². The van der Waals surface area contributed by atoms with Crippen LogP contribution >= 0.6 is 0 Å². The molecule has 0 radical (unpaired) electrons. The zero-order chi connectivity index (χ0) is 7.56. The molecule has 1 amide bonds. The summed E-state index contributed by atoms with van der Waals surface area (Å²) in [5, 5.41) is 11.9. The van der Waals surface area contributed by atoms with Crippen LogP contribution < -0.4 is 5.43 Å². The predicted octanol–water partition coefficient (Wildman–Crippen LogP) is 0.413. The second-order valence-electron chi connectivity index (χ2n) is 1.88. The molecule has 0 aliphatic heterocycles. The van der Waals surface area contributed by atoms with Crippen molar-refractivity contribution in [2.75, 3.05) is 5.43 Å². The maximum Gasteiger partial charge on any atom is 0.425 e. The van der Waals surface area contributed by atoms with E-state index in [2.05, 4.69) is 5.10 Å². The molecule has 0 aliphatic rings. The predicted molar refractivity (Wildman–Crippen MR) is 34.3 cm³/mol. The lowest BCUT2D eigenvalue weighted by molar-refractivity contribution is 0.205. The van der Waals surface area contributed by atoms with Gasteiger partial charge in [0, 0.05) is 0 Å². The quantitative estimate of drug-likeness (QED) is 0.595. The Kier molecular flexibility index (Phi) is 1.57. The number of carbonyl (C=O) groups is 1. The number of rotatable bonds is 1. The van der Waals surface area contributed by atoms with E-state index >= 15 is 0 Å². The zero-order valence-electron chi connectivity index (χ0n) is 5.40. The Morgan fingerprint density at radius 1 is 1.90 bits per heavy atom. The number of hydrogen-bond acceptors (Lipinski definition) is 2. The molecule has 0 fully saturated rings.